The molecule has 1 aliphatic rings. The first-order chi connectivity index (χ1) is 12.7. The van der Waals surface area contributed by atoms with Gasteiger partial charge in [0, 0.05) is 43.8 Å². The summed E-state index contributed by atoms with van der Waals surface area (Å²) in [7, 11) is 0. The van der Waals surface area contributed by atoms with Gasteiger partial charge in [0.15, 0.2) is 5.82 Å². The second-order valence-corrected chi connectivity index (χ2v) is 6.65. The Kier molecular flexibility index (Phi) is 4.47. The Labute approximate surface area is 151 Å². The fourth-order valence-corrected chi connectivity index (χ4v) is 3.33. The Hall–Kier alpha value is -3.03. The molecule has 0 aliphatic carbocycles. The van der Waals surface area contributed by atoms with Gasteiger partial charge >= 0.3 is 0 Å². The van der Waals surface area contributed by atoms with Crippen molar-refractivity contribution in [1.29, 1.82) is 0 Å². The third kappa shape index (κ3) is 3.35. The lowest BCUT2D eigenvalue weighted by Gasteiger charge is -2.32. The molecule has 3 aromatic rings. The number of rotatable bonds is 4. The zero-order valence-corrected chi connectivity index (χ0v) is 14.7. The van der Waals surface area contributed by atoms with Crippen molar-refractivity contribution in [3.05, 3.63) is 59.3 Å². The van der Waals surface area contributed by atoms with Crippen LogP contribution in [0.4, 0.5) is 5.82 Å². The highest BCUT2D eigenvalue weighted by Crippen LogP contribution is 2.22. The summed E-state index contributed by atoms with van der Waals surface area (Å²) in [5.74, 6) is 2.05. The van der Waals surface area contributed by atoms with Crippen molar-refractivity contribution in [2.75, 3.05) is 18.0 Å². The van der Waals surface area contributed by atoms with Crippen LogP contribution in [0, 0.1) is 12.8 Å². The normalized spacial score (nSPS) is 15.3. The van der Waals surface area contributed by atoms with Gasteiger partial charge in [-0.15, -0.1) is 0 Å². The summed E-state index contributed by atoms with van der Waals surface area (Å²) in [5, 5.41) is 4.20. The van der Waals surface area contributed by atoms with Gasteiger partial charge in [-0.25, -0.2) is 14.6 Å². The van der Waals surface area contributed by atoms with Crippen LogP contribution in [0.1, 0.15) is 18.4 Å². The summed E-state index contributed by atoms with van der Waals surface area (Å²) >= 11 is 0. The van der Waals surface area contributed by atoms with Crippen molar-refractivity contribution in [1.82, 2.24) is 29.3 Å². The van der Waals surface area contributed by atoms with Crippen molar-refractivity contribution in [3.63, 3.8) is 0 Å². The molecule has 0 bridgehead atoms. The van der Waals surface area contributed by atoms with E-state index in [1.54, 1.807) is 47.3 Å². The van der Waals surface area contributed by atoms with Gasteiger partial charge in [-0.2, -0.15) is 5.10 Å². The number of aryl methyl sites for hydroxylation is 1. The molecule has 0 saturated carbocycles. The van der Waals surface area contributed by atoms with Crippen LogP contribution in [-0.2, 0) is 6.54 Å². The first-order valence-corrected chi connectivity index (χ1v) is 8.79. The van der Waals surface area contributed by atoms with E-state index in [1.807, 2.05) is 12.3 Å². The quantitative estimate of drug-likeness (QED) is 0.707. The minimum Gasteiger partial charge on any atom is -0.355 e. The summed E-state index contributed by atoms with van der Waals surface area (Å²) < 4.78 is 3.44. The van der Waals surface area contributed by atoms with E-state index in [2.05, 4.69) is 25.0 Å². The fourth-order valence-electron chi connectivity index (χ4n) is 3.33. The standard InChI is InChI=1S/C18H21N7O/c1-14-9-20-13-24(18(14)26)12-15-3-7-23(8-4-15)16-10-19-11-17(22-16)25-6-2-5-21-25/h2,5-6,9-11,13,15H,3-4,7-8,12H2,1H3. The largest absolute Gasteiger partial charge is 0.355 e. The van der Waals surface area contributed by atoms with E-state index in [-0.39, 0.29) is 5.56 Å². The van der Waals surface area contributed by atoms with Gasteiger partial charge in [0.2, 0.25) is 0 Å². The molecule has 4 heterocycles. The highest BCUT2D eigenvalue weighted by atomic mass is 16.1. The van der Waals surface area contributed by atoms with Gasteiger partial charge in [-0.05, 0) is 31.7 Å². The van der Waals surface area contributed by atoms with E-state index < -0.39 is 0 Å². The van der Waals surface area contributed by atoms with Crippen LogP contribution in [0.5, 0.6) is 0 Å². The molecule has 0 atom stereocenters. The second-order valence-electron chi connectivity index (χ2n) is 6.65. The van der Waals surface area contributed by atoms with Gasteiger partial charge in [-0.1, -0.05) is 0 Å². The molecule has 134 valence electrons. The predicted octanol–water partition coefficient (Wildman–Crippen LogP) is 1.44. The molecule has 8 nitrogen and oxygen atoms in total. The monoisotopic (exact) mass is 351 g/mol. The van der Waals surface area contributed by atoms with Gasteiger partial charge in [0.25, 0.3) is 5.56 Å². The number of hydrogen-bond acceptors (Lipinski definition) is 6. The molecule has 4 rings (SSSR count). The van der Waals surface area contributed by atoms with E-state index in [4.69, 9.17) is 0 Å². The number of piperidine rings is 1. The smallest absolute Gasteiger partial charge is 0.256 e. The second kappa shape index (κ2) is 7.07. The molecule has 0 radical (unpaired) electrons. The molecule has 26 heavy (non-hydrogen) atoms. The number of anilines is 1. The SMILES string of the molecule is Cc1cncn(CC2CCN(c3cncc(-n4cccn4)n3)CC2)c1=O. The number of hydrogen-bond donors (Lipinski definition) is 0. The van der Waals surface area contributed by atoms with Crippen molar-refractivity contribution in [2.24, 2.45) is 5.92 Å². The molecular weight excluding hydrogens is 330 g/mol. The zero-order valence-electron chi connectivity index (χ0n) is 14.7. The van der Waals surface area contributed by atoms with Crippen LogP contribution in [0.2, 0.25) is 0 Å². The van der Waals surface area contributed by atoms with Crippen molar-refractivity contribution < 1.29 is 0 Å². The lowest BCUT2D eigenvalue weighted by Crippen LogP contribution is -2.37. The number of aromatic nitrogens is 6. The maximum atomic E-state index is 12.2. The first-order valence-electron chi connectivity index (χ1n) is 8.79. The van der Waals surface area contributed by atoms with Crippen LogP contribution in [0.15, 0.2) is 48.2 Å². The third-order valence-electron chi connectivity index (χ3n) is 4.81. The minimum absolute atomic E-state index is 0.0558. The molecule has 1 aliphatic heterocycles. The van der Waals surface area contributed by atoms with E-state index in [9.17, 15) is 4.79 Å². The molecule has 1 fully saturated rings. The van der Waals surface area contributed by atoms with Gasteiger partial charge < -0.3 is 4.90 Å². The van der Waals surface area contributed by atoms with Crippen LogP contribution < -0.4 is 10.5 Å². The lowest BCUT2D eigenvalue weighted by molar-refractivity contribution is 0.349. The predicted molar refractivity (Wildman–Crippen MR) is 97.3 cm³/mol. The molecule has 0 unspecified atom stereocenters. The summed E-state index contributed by atoms with van der Waals surface area (Å²) in [5.41, 5.74) is 0.746. The van der Waals surface area contributed by atoms with Crippen molar-refractivity contribution in [2.45, 2.75) is 26.3 Å². The van der Waals surface area contributed by atoms with Gasteiger partial charge in [-0.3, -0.25) is 14.3 Å². The van der Waals surface area contributed by atoms with E-state index >= 15 is 0 Å². The molecule has 0 spiro atoms. The fraction of sp³-hybridized carbons (Fsp3) is 0.389. The highest BCUT2D eigenvalue weighted by molar-refractivity contribution is 5.39. The Morgan fingerprint density at radius 3 is 2.69 bits per heavy atom. The highest BCUT2D eigenvalue weighted by Gasteiger charge is 2.21. The van der Waals surface area contributed by atoms with Gasteiger partial charge in [0.05, 0.1) is 18.7 Å². The topological polar surface area (TPSA) is 81.7 Å². The van der Waals surface area contributed by atoms with E-state index in [0.29, 0.717) is 17.3 Å². The van der Waals surface area contributed by atoms with Crippen LogP contribution >= 0.6 is 0 Å². The van der Waals surface area contributed by atoms with Crippen molar-refractivity contribution in [3.8, 4) is 5.82 Å². The zero-order chi connectivity index (χ0) is 17.9. The molecule has 0 N–H and O–H groups in total. The van der Waals surface area contributed by atoms with Crippen LogP contribution in [0.25, 0.3) is 5.82 Å². The summed E-state index contributed by atoms with van der Waals surface area (Å²) in [6.07, 6.45) is 12.4. The van der Waals surface area contributed by atoms with E-state index in [1.165, 1.54) is 0 Å². The van der Waals surface area contributed by atoms with E-state index in [0.717, 1.165) is 38.3 Å². The molecule has 8 heteroatoms. The summed E-state index contributed by atoms with van der Waals surface area (Å²) in [4.78, 5) is 27.5. The summed E-state index contributed by atoms with van der Waals surface area (Å²) in [6.45, 7) is 4.33. The first kappa shape index (κ1) is 16.4. The maximum absolute atomic E-state index is 12.2. The average molecular weight is 351 g/mol. The number of nitrogens with zero attached hydrogens (tertiary/aromatic N) is 7. The lowest BCUT2D eigenvalue weighted by atomic mass is 9.96. The Bertz CT molecular complexity index is 927. The Morgan fingerprint density at radius 1 is 1.12 bits per heavy atom. The van der Waals surface area contributed by atoms with Crippen LogP contribution in [-0.4, -0.2) is 42.4 Å². The van der Waals surface area contributed by atoms with Gasteiger partial charge in [0.1, 0.15) is 5.82 Å². The molecular formula is C18H21N7O. The molecule has 3 aromatic heterocycles. The summed E-state index contributed by atoms with van der Waals surface area (Å²) in [6, 6.07) is 1.86. The Morgan fingerprint density at radius 2 is 1.92 bits per heavy atom. The molecule has 0 amide bonds. The maximum Gasteiger partial charge on any atom is 0.256 e. The molecule has 1 saturated heterocycles. The molecule has 0 aromatic carbocycles. The average Bonchev–Trinajstić information content (AvgIpc) is 3.21. The Balaban J connectivity index is 1.42. The van der Waals surface area contributed by atoms with Crippen LogP contribution in [0.3, 0.4) is 0 Å². The third-order valence-corrected chi connectivity index (χ3v) is 4.81. The minimum atomic E-state index is 0.0558. The van der Waals surface area contributed by atoms with Crippen molar-refractivity contribution >= 4 is 5.82 Å².